The van der Waals surface area contributed by atoms with Gasteiger partial charge in [0.1, 0.15) is 11.5 Å². The molecule has 0 aromatic carbocycles. The van der Waals surface area contributed by atoms with Crippen LogP contribution in [0.1, 0.15) is 37.4 Å². The molecular formula is C12H16BrN3. The smallest absolute Gasteiger partial charge is 0.141 e. The number of anilines is 1. The first-order valence-electron chi connectivity index (χ1n) is 5.48. The van der Waals surface area contributed by atoms with Crippen molar-refractivity contribution in [3.05, 3.63) is 28.0 Å². The summed E-state index contributed by atoms with van der Waals surface area (Å²) in [6, 6.07) is 2.06. The van der Waals surface area contributed by atoms with Crippen LogP contribution in [0.3, 0.4) is 0 Å². The van der Waals surface area contributed by atoms with E-state index in [4.69, 9.17) is 5.73 Å². The topological polar surface area (TPSA) is 43.3 Å². The molecule has 4 heteroatoms. The highest BCUT2D eigenvalue weighted by Crippen LogP contribution is 2.28. The highest BCUT2D eigenvalue weighted by atomic mass is 79.9. The molecule has 0 radical (unpaired) electrons. The number of nitrogens with zero attached hydrogens (tertiary/aromatic N) is 2. The van der Waals surface area contributed by atoms with E-state index in [1.54, 1.807) is 0 Å². The quantitative estimate of drug-likeness (QED) is 0.916. The van der Waals surface area contributed by atoms with Crippen LogP contribution in [0, 0.1) is 6.92 Å². The van der Waals surface area contributed by atoms with Gasteiger partial charge < -0.3 is 5.73 Å². The van der Waals surface area contributed by atoms with Crippen LogP contribution in [0.2, 0.25) is 0 Å². The summed E-state index contributed by atoms with van der Waals surface area (Å²) in [5, 5.41) is 0. The van der Waals surface area contributed by atoms with Crippen LogP contribution in [-0.4, -0.2) is 9.38 Å². The van der Waals surface area contributed by atoms with Crippen molar-refractivity contribution in [2.75, 3.05) is 5.73 Å². The maximum Gasteiger partial charge on any atom is 0.141 e. The molecule has 0 aliphatic rings. The molecule has 2 aromatic rings. The normalized spacial score (nSPS) is 13.2. The van der Waals surface area contributed by atoms with Gasteiger partial charge in [-0.05, 0) is 40.9 Å². The third-order valence-electron chi connectivity index (χ3n) is 3.02. The van der Waals surface area contributed by atoms with Gasteiger partial charge in [0.15, 0.2) is 0 Å². The number of halogens is 1. The number of aromatic nitrogens is 2. The van der Waals surface area contributed by atoms with E-state index in [2.05, 4.69) is 40.8 Å². The van der Waals surface area contributed by atoms with Gasteiger partial charge >= 0.3 is 0 Å². The fraction of sp³-hybridized carbons (Fsp3) is 0.417. The van der Waals surface area contributed by atoms with Crippen LogP contribution in [-0.2, 0) is 0 Å². The summed E-state index contributed by atoms with van der Waals surface area (Å²) < 4.78 is 2.98. The summed E-state index contributed by atoms with van der Waals surface area (Å²) in [6.07, 6.45) is 3.02. The van der Waals surface area contributed by atoms with Crippen molar-refractivity contribution < 1.29 is 0 Å². The predicted octanol–water partition coefficient (Wildman–Crippen LogP) is 3.50. The Bertz CT molecular complexity index is 531. The Kier molecular flexibility index (Phi) is 2.93. The van der Waals surface area contributed by atoms with Crippen LogP contribution in [0.5, 0.6) is 0 Å². The average molecular weight is 282 g/mol. The van der Waals surface area contributed by atoms with Gasteiger partial charge in [-0.1, -0.05) is 13.8 Å². The predicted molar refractivity (Wildman–Crippen MR) is 70.7 cm³/mol. The van der Waals surface area contributed by atoms with Gasteiger partial charge in [0.25, 0.3) is 0 Å². The van der Waals surface area contributed by atoms with Crippen molar-refractivity contribution in [2.24, 2.45) is 0 Å². The maximum atomic E-state index is 6.13. The highest BCUT2D eigenvalue weighted by Gasteiger charge is 2.15. The fourth-order valence-electron chi connectivity index (χ4n) is 1.86. The Balaban J connectivity index is 2.72. The number of aryl methyl sites for hydroxylation is 1. The fourth-order valence-corrected chi connectivity index (χ4v) is 2.41. The molecule has 2 rings (SSSR count). The Morgan fingerprint density at radius 2 is 2.25 bits per heavy atom. The van der Waals surface area contributed by atoms with E-state index < -0.39 is 0 Å². The minimum absolute atomic E-state index is 0.401. The molecule has 0 fully saturated rings. The number of nitrogen functional groups attached to an aromatic ring is 1. The van der Waals surface area contributed by atoms with Crippen molar-refractivity contribution in [3.8, 4) is 0 Å². The number of nitrogens with two attached hydrogens (primary N) is 1. The number of pyridine rings is 1. The van der Waals surface area contributed by atoms with Gasteiger partial charge in [-0.25, -0.2) is 4.98 Å². The lowest BCUT2D eigenvalue weighted by atomic mass is 10.1. The lowest BCUT2D eigenvalue weighted by Crippen LogP contribution is -1.99. The largest absolute Gasteiger partial charge is 0.383 e. The number of hydrogen-bond donors (Lipinski definition) is 1. The number of fused-ring (bicyclic) bond motifs is 1. The lowest BCUT2D eigenvalue weighted by Gasteiger charge is -2.05. The summed E-state index contributed by atoms with van der Waals surface area (Å²) >= 11 is 3.48. The van der Waals surface area contributed by atoms with E-state index in [9.17, 15) is 0 Å². The second-order valence-electron chi connectivity index (χ2n) is 4.23. The average Bonchev–Trinajstić information content (AvgIpc) is 2.56. The molecule has 1 unspecified atom stereocenters. The van der Waals surface area contributed by atoms with Crippen LogP contribution >= 0.6 is 15.9 Å². The number of rotatable bonds is 2. The maximum absolute atomic E-state index is 6.13. The van der Waals surface area contributed by atoms with E-state index >= 15 is 0 Å². The molecular weight excluding hydrogens is 266 g/mol. The van der Waals surface area contributed by atoms with Crippen LogP contribution in [0.4, 0.5) is 5.82 Å². The van der Waals surface area contributed by atoms with Crippen LogP contribution in [0.25, 0.3) is 5.65 Å². The minimum Gasteiger partial charge on any atom is -0.383 e. The van der Waals surface area contributed by atoms with Gasteiger partial charge in [-0.15, -0.1) is 0 Å². The summed E-state index contributed by atoms with van der Waals surface area (Å²) in [5.74, 6) is 1.16. The van der Waals surface area contributed by atoms with E-state index in [0.717, 1.165) is 33.6 Å². The third kappa shape index (κ3) is 1.71. The molecule has 1 atom stereocenters. The molecule has 2 N–H and O–H groups in total. The van der Waals surface area contributed by atoms with E-state index in [0.29, 0.717) is 5.92 Å². The lowest BCUT2D eigenvalue weighted by molar-refractivity contribution is 0.716. The van der Waals surface area contributed by atoms with E-state index in [1.807, 2.05) is 17.5 Å². The third-order valence-corrected chi connectivity index (χ3v) is 3.45. The monoisotopic (exact) mass is 281 g/mol. The van der Waals surface area contributed by atoms with Gasteiger partial charge in [-0.2, -0.15) is 0 Å². The van der Waals surface area contributed by atoms with Crippen molar-refractivity contribution in [3.63, 3.8) is 0 Å². The van der Waals surface area contributed by atoms with Gasteiger partial charge in [-0.3, -0.25) is 4.40 Å². The zero-order chi connectivity index (χ0) is 11.9. The molecule has 0 aliphatic carbocycles. The second-order valence-corrected chi connectivity index (χ2v) is 5.14. The Morgan fingerprint density at radius 1 is 1.56 bits per heavy atom. The molecule has 0 amide bonds. The highest BCUT2D eigenvalue weighted by molar-refractivity contribution is 9.10. The first kappa shape index (κ1) is 11.5. The van der Waals surface area contributed by atoms with Crippen molar-refractivity contribution in [2.45, 2.75) is 33.1 Å². The van der Waals surface area contributed by atoms with Crippen molar-refractivity contribution in [1.82, 2.24) is 9.38 Å². The standard InChI is InChI=1S/C12H16BrN3/c1-4-7(2)10-11(14)16-6-9(13)5-8(3)12(16)15-10/h5-7H,4,14H2,1-3H3. The first-order chi connectivity index (χ1) is 7.54. The molecule has 16 heavy (non-hydrogen) atoms. The Hall–Kier alpha value is -1.03. The summed E-state index contributed by atoms with van der Waals surface area (Å²) in [5.41, 5.74) is 9.23. The molecule has 2 aromatic heterocycles. The summed E-state index contributed by atoms with van der Waals surface area (Å²) in [7, 11) is 0. The second kappa shape index (κ2) is 4.09. The van der Waals surface area contributed by atoms with Gasteiger partial charge in [0.2, 0.25) is 0 Å². The molecule has 0 saturated carbocycles. The molecule has 0 aliphatic heterocycles. The molecule has 2 heterocycles. The first-order valence-corrected chi connectivity index (χ1v) is 6.27. The van der Waals surface area contributed by atoms with Gasteiger partial charge in [0, 0.05) is 16.6 Å². The Morgan fingerprint density at radius 3 is 2.88 bits per heavy atom. The van der Waals surface area contributed by atoms with Crippen LogP contribution < -0.4 is 5.73 Å². The number of imidazole rings is 1. The van der Waals surface area contributed by atoms with Crippen molar-refractivity contribution in [1.29, 1.82) is 0 Å². The van der Waals surface area contributed by atoms with Crippen molar-refractivity contribution >= 4 is 27.4 Å². The molecule has 3 nitrogen and oxygen atoms in total. The molecule has 0 saturated heterocycles. The van der Waals surface area contributed by atoms with E-state index in [1.165, 1.54) is 0 Å². The van der Waals surface area contributed by atoms with E-state index in [-0.39, 0.29) is 0 Å². The Labute approximate surface area is 104 Å². The molecule has 86 valence electrons. The number of hydrogen-bond acceptors (Lipinski definition) is 2. The minimum atomic E-state index is 0.401. The molecule has 0 bridgehead atoms. The zero-order valence-corrected chi connectivity index (χ0v) is 11.4. The van der Waals surface area contributed by atoms with Gasteiger partial charge in [0.05, 0.1) is 5.69 Å². The zero-order valence-electron chi connectivity index (χ0n) is 9.79. The summed E-state index contributed by atoms with van der Waals surface area (Å²) in [6.45, 7) is 6.35. The molecule has 0 spiro atoms. The SMILES string of the molecule is CCC(C)c1nc2c(C)cc(Br)cn2c1N. The summed E-state index contributed by atoms with van der Waals surface area (Å²) in [4.78, 5) is 4.64. The van der Waals surface area contributed by atoms with Crippen LogP contribution in [0.15, 0.2) is 16.7 Å².